The van der Waals surface area contributed by atoms with Gasteiger partial charge in [-0.3, -0.25) is 9.59 Å². The van der Waals surface area contributed by atoms with Crippen molar-refractivity contribution in [2.75, 3.05) is 13.7 Å². The van der Waals surface area contributed by atoms with Gasteiger partial charge in [0.25, 0.3) is 15.9 Å². The molecular weight excluding hydrogens is 392 g/mol. The van der Waals surface area contributed by atoms with Gasteiger partial charge in [0, 0.05) is 11.6 Å². The molecule has 3 rings (SSSR count). The Morgan fingerprint density at radius 3 is 2.31 bits per heavy atom. The van der Waals surface area contributed by atoms with Gasteiger partial charge in [-0.25, -0.2) is 12.7 Å². The van der Waals surface area contributed by atoms with Gasteiger partial charge in [0.15, 0.2) is 0 Å². The molecule has 0 radical (unpaired) electrons. The van der Waals surface area contributed by atoms with Crippen LogP contribution in [0.1, 0.15) is 57.4 Å². The van der Waals surface area contributed by atoms with Gasteiger partial charge in [0.1, 0.15) is 17.2 Å². The minimum absolute atomic E-state index is 0.0186. The Bertz CT molecular complexity index is 898. The van der Waals surface area contributed by atoms with Crippen molar-refractivity contribution in [1.29, 1.82) is 0 Å². The quantitative estimate of drug-likeness (QED) is 0.715. The smallest absolute Gasteiger partial charge is 0.268 e. The highest BCUT2D eigenvalue weighted by Crippen LogP contribution is 2.37. The third kappa shape index (κ3) is 4.47. The van der Waals surface area contributed by atoms with E-state index in [2.05, 4.69) is 5.32 Å². The first-order valence-corrected chi connectivity index (χ1v) is 11.6. The van der Waals surface area contributed by atoms with Crippen LogP contribution >= 0.6 is 0 Å². The summed E-state index contributed by atoms with van der Waals surface area (Å²) in [5.74, 6) is -0.455. The van der Waals surface area contributed by atoms with E-state index >= 15 is 0 Å². The second-order valence-electron chi connectivity index (χ2n) is 7.46. The van der Waals surface area contributed by atoms with Gasteiger partial charge in [-0.15, -0.1) is 0 Å². The first-order chi connectivity index (χ1) is 13.9. The van der Waals surface area contributed by atoms with Gasteiger partial charge in [-0.2, -0.15) is 0 Å². The molecule has 1 aliphatic carbocycles. The summed E-state index contributed by atoms with van der Waals surface area (Å²) in [4.78, 5) is 25.3. The molecule has 1 aromatic rings. The van der Waals surface area contributed by atoms with Crippen LogP contribution in [0.3, 0.4) is 0 Å². The average molecular weight is 421 g/mol. The van der Waals surface area contributed by atoms with Crippen molar-refractivity contribution >= 4 is 26.7 Å². The Morgan fingerprint density at radius 2 is 1.76 bits per heavy atom. The van der Waals surface area contributed by atoms with Crippen molar-refractivity contribution in [2.45, 2.75) is 57.9 Å². The Balaban J connectivity index is 1.80. The second-order valence-corrected chi connectivity index (χ2v) is 9.26. The van der Waals surface area contributed by atoms with E-state index in [-0.39, 0.29) is 22.9 Å². The Hall–Kier alpha value is -2.35. The first-order valence-electron chi connectivity index (χ1n) is 10.1. The van der Waals surface area contributed by atoms with Gasteiger partial charge in [0.05, 0.1) is 7.11 Å². The molecule has 1 aliphatic heterocycles. The molecule has 0 aromatic heterocycles. The normalized spacial score (nSPS) is 19.9. The lowest BCUT2D eigenvalue weighted by molar-refractivity contribution is -0.129. The molecule has 1 heterocycles. The van der Waals surface area contributed by atoms with Gasteiger partial charge in [-0.1, -0.05) is 32.6 Å². The van der Waals surface area contributed by atoms with Crippen LogP contribution in [-0.2, 0) is 19.6 Å². The Labute approximate surface area is 172 Å². The summed E-state index contributed by atoms with van der Waals surface area (Å²) in [6, 6.07) is 6.58. The number of methoxy groups -OCH3 is 1. The topological polar surface area (TPSA) is 92.8 Å². The maximum absolute atomic E-state index is 13.1. The molecule has 0 saturated heterocycles. The number of hydrogen-bond acceptors (Lipinski definition) is 5. The van der Waals surface area contributed by atoms with Crippen molar-refractivity contribution < 1.29 is 22.7 Å². The first kappa shape index (κ1) is 21.4. The third-order valence-electron chi connectivity index (χ3n) is 5.52. The summed E-state index contributed by atoms with van der Waals surface area (Å²) in [6.45, 7) is 1.25. The number of carbonyl (C=O) groups excluding carboxylic acids is 2. The van der Waals surface area contributed by atoms with Crippen LogP contribution in [0.15, 0.2) is 29.8 Å². The predicted octanol–water partition coefficient (Wildman–Crippen LogP) is 2.83. The molecule has 0 atom stereocenters. The van der Waals surface area contributed by atoms with Crippen molar-refractivity contribution in [2.24, 2.45) is 0 Å². The summed E-state index contributed by atoms with van der Waals surface area (Å²) in [5, 5.41) is 2.91. The lowest BCUT2D eigenvalue weighted by Crippen LogP contribution is -2.44. The number of nitrogens with one attached hydrogen (secondary N) is 1. The van der Waals surface area contributed by atoms with Crippen molar-refractivity contribution in [3.63, 3.8) is 0 Å². The molecule has 2 aliphatic rings. The van der Waals surface area contributed by atoms with Crippen LogP contribution in [0.25, 0.3) is 4.91 Å². The van der Waals surface area contributed by atoms with Crippen LogP contribution in [0, 0.1) is 0 Å². The third-order valence-corrected chi connectivity index (χ3v) is 7.39. The molecule has 29 heavy (non-hydrogen) atoms. The Morgan fingerprint density at radius 1 is 1.14 bits per heavy atom. The van der Waals surface area contributed by atoms with Crippen molar-refractivity contribution in [3.05, 3.63) is 35.4 Å². The number of sulfonamides is 1. The fourth-order valence-electron chi connectivity index (χ4n) is 3.98. The molecule has 8 heteroatoms. The van der Waals surface area contributed by atoms with E-state index < -0.39 is 28.4 Å². The summed E-state index contributed by atoms with van der Waals surface area (Å²) in [6.07, 6.45) is 6.45. The summed E-state index contributed by atoms with van der Waals surface area (Å²) in [5.41, 5.74) is 0.625. The molecule has 1 N–H and O–H groups in total. The fourth-order valence-corrected chi connectivity index (χ4v) is 5.80. The molecule has 2 amide bonds. The zero-order valence-corrected chi connectivity index (χ0v) is 17.8. The number of nitrogens with zero attached hydrogens (tertiary/aromatic N) is 1. The zero-order valence-electron chi connectivity index (χ0n) is 16.9. The van der Waals surface area contributed by atoms with Crippen LogP contribution < -0.4 is 10.1 Å². The minimum Gasteiger partial charge on any atom is -0.497 e. The number of amides is 2. The molecule has 0 spiro atoms. The number of hydrogen-bond donors (Lipinski definition) is 1. The molecular formula is C21H28N2O5S. The SMILES string of the molecule is CCC1=C(c2ccc(OC)cc2)S(=O)(=O)N(CC(=O)NC2CCCCCC2)C1=O. The van der Waals surface area contributed by atoms with Crippen LogP contribution in [0.2, 0.25) is 0 Å². The van der Waals surface area contributed by atoms with E-state index in [0.717, 1.165) is 38.5 Å². The van der Waals surface area contributed by atoms with Crippen LogP contribution in [0.5, 0.6) is 5.75 Å². The average Bonchev–Trinajstić information content (AvgIpc) is 2.89. The number of carbonyl (C=O) groups is 2. The van der Waals surface area contributed by atoms with E-state index in [1.54, 1.807) is 31.2 Å². The molecule has 158 valence electrons. The molecule has 1 aromatic carbocycles. The highest BCUT2D eigenvalue weighted by atomic mass is 32.2. The van der Waals surface area contributed by atoms with E-state index in [1.165, 1.54) is 7.11 Å². The number of benzene rings is 1. The van der Waals surface area contributed by atoms with E-state index in [4.69, 9.17) is 4.74 Å². The molecule has 1 saturated carbocycles. The van der Waals surface area contributed by atoms with E-state index in [9.17, 15) is 18.0 Å². The summed E-state index contributed by atoms with van der Waals surface area (Å²) >= 11 is 0. The van der Waals surface area contributed by atoms with Gasteiger partial charge in [0.2, 0.25) is 5.91 Å². The lowest BCUT2D eigenvalue weighted by atomic mass is 10.1. The van der Waals surface area contributed by atoms with Gasteiger partial charge in [-0.05, 0) is 49.1 Å². The van der Waals surface area contributed by atoms with E-state index in [1.807, 2.05) is 0 Å². The molecule has 0 bridgehead atoms. The number of rotatable bonds is 6. The predicted molar refractivity (Wildman–Crippen MR) is 110 cm³/mol. The maximum Gasteiger partial charge on any atom is 0.268 e. The maximum atomic E-state index is 13.1. The minimum atomic E-state index is -4.09. The van der Waals surface area contributed by atoms with Gasteiger partial charge < -0.3 is 10.1 Å². The zero-order chi connectivity index (χ0) is 21.0. The molecule has 1 fully saturated rings. The Kier molecular flexibility index (Phi) is 6.62. The fraction of sp³-hybridized carbons (Fsp3) is 0.524. The van der Waals surface area contributed by atoms with Crippen molar-refractivity contribution in [3.8, 4) is 5.75 Å². The summed E-state index contributed by atoms with van der Waals surface area (Å²) in [7, 11) is -2.57. The highest BCUT2D eigenvalue weighted by molar-refractivity contribution is 7.99. The van der Waals surface area contributed by atoms with Crippen LogP contribution in [0.4, 0.5) is 0 Å². The largest absolute Gasteiger partial charge is 0.497 e. The second kappa shape index (κ2) is 8.98. The molecule has 7 nitrogen and oxygen atoms in total. The number of ether oxygens (including phenoxy) is 1. The van der Waals surface area contributed by atoms with Crippen molar-refractivity contribution in [1.82, 2.24) is 9.62 Å². The monoisotopic (exact) mass is 420 g/mol. The standard InChI is InChI=1S/C21H28N2O5S/c1-3-18-20(15-10-12-17(28-2)13-11-15)29(26,27)23(21(18)25)14-19(24)22-16-8-6-4-5-7-9-16/h10-13,16H,3-9,14H2,1-2H3,(H,22,24). The molecule has 0 unspecified atom stereocenters. The van der Waals surface area contributed by atoms with E-state index in [0.29, 0.717) is 15.6 Å². The lowest BCUT2D eigenvalue weighted by Gasteiger charge is -2.20. The summed E-state index contributed by atoms with van der Waals surface area (Å²) < 4.78 is 32.1. The highest BCUT2D eigenvalue weighted by Gasteiger charge is 2.44. The van der Waals surface area contributed by atoms with Crippen LogP contribution in [-0.4, -0.2) is 44.2 Å². The van der Waals surface area contributed by atoms with Gasteiger partial charge >= 0.3 is 0 Å².